The van der Waals surface area contributed by atoms with E-state index in [2.05, 4.69) is 5.32 Å². The van der Waals surface area contributed by atoms with E-state index < -0.39 is 42.1 Å². The highest BCUT2D eigenvalue weighted by molar-refractivity contribution is 5.91. The van der Waals surface area contributed by atoms with Crippen molar-refractivity contribution in [2.45, 2.75) is 36.5 Å². The molecule has 186 valence electrons. The molecule has 2 atom stereocenters. The third-order valence-electron chi connectivity index (χ3n) is 6.22. The van der Waals surface area contributed by atoms with E-state index in [-0.39, 0.29) is 32.2 Å². The molecular weight excluding hydrogens is 469 g/mol. The zero-order chi connectivity index (χ0) is 25.2. The van der Waals surface area contributed by atoms with E-state index in [1.807, 2.05) is 48.5 Å². The fourth-order valence-corrected chi connectivity index (χ4v) is 4.45. The Labute approximate surface area is 198 Å². The molecule has 11 heteroatoms. The number of carboxylic acids is 1. The van der Waals surface area contributed by atoms with E-state index in [0.717, 1.165) is 22.3 Å². The predicted octanol–water partition coefficient (Wildman–Crippen LogP) is 3.21. The van der Waals surface area contributed by atoms with Crippen LogP contribution in [0.5, 0.6) is 0 Å². The van der Waals surface area contributed by atoms with Gasteiger partial charge in [0, 0.05) is 18.9 Å². The Kier molecular flexibility index (Phi) is 6.70. The van der Waals surface area contributed by atoms with Crippen LogP contribution < -0.4 is 10.6 Å². The van der Waals surface area contributed by atoms with Gasteiger partial charge in [-0.2, -0.15) is 13.2 Å². The van der Waals surface area contributed by atoms with Crippen LogP contribution in [0.4, 0.5) is 18.0 Å². The molecule has 1 aliphatic heterocycles. The normalized spacial score (nSPS) is 20.0. The summed E-state index contributed by atoms with van der Waals surface area (Å²) < 4.78 is 50.3. The minimum atomic E-state index is -4.99. The zero-order valence-corrected chi connectivity index (χ0v) is 18.4. The largest absolute Gasteiger partial charge is 0.481 e. The standard InChI is InChI=1S/C24H23F3N2O6/c25-24(26,27)19(11-20(30)31)28-21(32)23(9-10-34-13-23)29-22(33)35-12-18-16-7-3-1-5-14(16)15-6-2-4-8-17(15)18/h1-8,18-19H,9-13H2,(H,28,32)(H,29,33)(H,30,31). The van der Waals surface area contributed by atoms with Crippen molar-refractivity contribution < 1.29 is 42.1 Å². The van der Waals surface area contributed by atoms with Crippen LogP contribution >= 0.6 is 0 Å². The Morgan fingerprint density at radius 1 is 1.09 bits per heavy atom. The molecule has 2 amide bonds. The average Bonchev–Trinajstić information content (AvgIpc) is 3.40. The van der Waals surface area contributed by atoms with Crippen LogP contribution in [0, 0.1) is 0 Å². The molecule has 1 saturated heterocycles. The number of carbonyl (C=O) groups excluding carboxylic acids is 2. The van der Waals surface area contributed by atoms with E-state index in [1.165, 1.54) is 0 Å². The van der Waals surface area contributed by atoms with Crippen LogP contribution in [-0.2, 0) is 19.1 Å². The summed E-state index contributed by atoms with van der Waals surface area (Å²) >= 11 is 0. The highest BCUT2D eigenvalue weighted by Gasteiger charge is 2.49. The van der Waals surface area contributed by atoms with Crippen molar-refractivity contribution in [3.63, 3.8) is 0 Å². The van der Waals surface area contributed by atoms with Crippen molar-refractivity contribution >= 4 is 18.0 Å². The fourth-order valence-electron chi connectivity index (χ4n) is 4.45. The molecule has 1 fully saturated rings. The van der Waals surface area contributed by atoms with Crippen LogP contribution in [0.2, 0.25) is 0 Å². The van der Waals surface area contributed by atoms with Crippen molar-refractivity contribution in [1.29, 1.82) is 0 Å². The van der Waals surface area contributed by atoms with E-state index in [4.69, 9.17) is 14.6 Å². The predicted molar refractivity (Wildman–Crippen MR) is 117 cm³/mol. The number of hydrogen-bond donors (Lipinski definition) is 3. The number of alkyl halides is 3. The second kappa shape index (κ2) is 9.57. The molecule has 8 nitrogen and oxygen atoms in total. The maximum Gasteiger partial charge on any atom is 0.409 e. The van der Waals surface area contributed by atoms with Crippen LogP contribution in [0.25, 0.3) is 11.1 Å². The molecular formula is C24H23F3N2O6. The van der Waals surface area contributed by atoms with Crippen molar-refractivity contribution in [3.05, 3.63) is 59.7 Å². The molecule has 2 aromatic rings. The van der Waals surface area contributed by atoms with Gasteiger partial charge in [-0.15, -0.1) is 0 Å². The first kappa shape index (κ1) is 24.5. The first-order chi connectivity index (χ1) is 16.6. The third kappa shape index (κ3) is 5.09. The maximum atomic E-state index is 13.2. The van der Waals surface area contributed by atoms with Crippen molar-refractivity contribution in [2.24, 2.45) is 0 Å². The van der Waals surface area contributed by atoms with Crippen LogP contribution in [-0.4, -0.2) is 60.7 Å². The number of nitrogens with one attached hydrogen (secondary N) is 2. The number of ether oxygens (including phenoxy) is 2. The van der Waals surface area contributed by atoms with E-state index in [9.17, 15) is 27.6 Å². The Balaban J connectivity index is 1.45. The maximum absolute atomic E-state index is 13.2. The molecule has 1 heterocycles. The van der Waals surface area contributed by atoms with Crippen molar-refractivity contribution in [3.8, 4) is 11.1 Å². The summed E-state index contributed by atoms with van der Waals surface area (Å²) in [6.45, 7) is -0.407. The molecule has 4 rings (SSSR count). The van der Waals surface area contributed by atoms with Gasteiger partial charge < -0.3 is 25.2 Å². The number of hydrogen-bond acceptors (Lipinski definition) is 5. The quantitative estimate of drug-likeness (QED) is 0.547. The van der Waals surface area contributed by atoms with Crippen LogP contribution in [0.3, 0.4) is 0 Å². The molecule has 2 aliphatic rings. The molecule has 0 spiro atoms. The lowest BCUT2D eigenvalue weighted by molar-refractivity contribution is -0.171. The highest BCUT2D eigenvalue weighted by Crippen LogP contribution is 2.44. The van der Waals surface area contributed by atoms with Gasteiger partial charge in [0.1, 0.15) is 18.2 Å². The fraction of sp³-hybridized carbons (Fsp3) is 0.375. The molecule has 2 unspecified atom stereocenters. The molecule has 35 heavy (non-hydrogen) atoms. The molecule has 0 radical (unpaired) electrons. The molecule has 0 bridgehead atoms. The van der Waals surface area contributed by atoms with Gasteiger partial charge in [0.25, 0.3) is 0 Å². The van der Waals surface area contributed by atoms with E-state index in [0.29, 0.717) is 0 Å². The SMILES string of the molecule is O=C(O)CC(NC(=O)C1(NC(=O)OCC2c3ccccc3-c3ccccc32)CCOC1)C(F)(F)F. The van der Waals surface area contributed by atoms with Gasteiger partial charge >= 0.3 is 18.2 Å². The number of carboxylic acid groups (broad SMARTS) is 1. The van der Waals surface area contributed by atoms with Gasteiger partial charge in [-0.05, 0) is 22.3 Å². The summed E-state index contributed by atoms with van der Waals surface area (Å²) in [6, 6.07) is 12.8. The summed E-state index contributed by atoms with van der Waals surface area (Å²) in [6.07, 6.45) is -7.43. The van der Waals surface area contributed by atoms with Gasteiger partial charge in [0.05, 0.1) is 13.0 Å². The smallest absolute Gasteiger partial charge is 0.409 e. The number of benzene rings is 2. The Hall–Kier alpha value is -3.60. The van der Waals surface area contributed by atoms with Crippen LogP contribution in [0.1, 0.15) is 29.9 Å². The minimum absolute atomic E-state index is 0.0205. The van der Waals surface area contributed by atoms with Crippen LogP contribution in [0.15, 0.2) is 48.5 Å². The molecule has 1 aliphatic carbocycles. The first-order valence-corrected chi connectivity index (χ1v) is 10.9. The number of amides is 2. The number of carbonyl (C=O) groups is 3. The van der Waals surface area contributed by atoms with E-state index in [1.54, 1.807) is 5.32 Å². The lowest BCUT2D eigenvalue weighted by atomic mass is 9.96. The monoisotopic (exact) mass is 492 g/mol. The lowest BCUT2D eigenvalue weighted by Gasteiger charge is -2.30. The summed E-state index contributed by atoms with van der Waals surface area (Å²) in [5.41, 5.74) is 2.17. The second-order valence-electron chi connectivity index (χ2n) is 8.50. The Morgan fingerprint density at radius 3 is 2.20 bits per heavy atom. The van der Waals surface area contributed by atoms with Gasteiger partial charge in [-0.1, -0.05) is 48.5 Å². The highest BCUT2D eigenvalue weighted by atomic mass is 19.4. The molecule has 0 aromatic heterocycles. The van der Waals surface area contributed by atoms with Gasteiger partial charge in [0.15, 0.2) is 0 Å². The van der Waals surface area contributed by atoms with Crippen molar-refractivity contribution in [2.75, 3.05) is 19.8 Å². The molecule has 2 aromatic carbocycles. The number of rotatable bonds is 7. The average molecular weight is 492 g/mol. The third-order valence-corrected chi connectivity index (χ3v) is 6.22. The number of alkyl carbamates (subject to hydrolysis) is 1. The van der Waals surface area contributed by atoms with E-state index >= 15 is 0 Å². The molecule has 3 N–H and O–H groups in total. The molecule has 0 saturated carbocycles. The van der Waals surface area contributed by atoms with Gasteiger partial charge in [-0.3, -0.25) is 9.59 Å². The summed E-state index contributed by atoms with van der Waals surface area (Å²) in [7, 11) is 0. The number of aliphatic carboxylic acids is 1. The summed E-state index contributed by atoms with van der Waals surface area (Å²) in [5.74, 6) is -3.16. The number of halogens is 3. The first-order valence-electron chi connectivity index (χ1n) is 10.9. The summed E-state index contributed by atoms with van der Waals surface area (Å²) in [4.78, 5) is 36.3. The number of fused-ring (bicyclic) bond motifs is 3. The second-order valence-corrected chi connectivity index (χ2v) is 8.50. The Bertz CT molecular complexity index is 1080. The Morgan fingerprint density at radius 2 is 1.69 bits per heavy atom. The van der Waals surface area contributed by atoms with Crippen molar-refractivity contribution in [1.82, 2.24) is 10.6 Å². The zero-order valence-electron chi connectivity index (χ0n) is 18.4. The minimum Gasteiger partial charge on any atom is -0.481 e. The summed E-state index contributed by atoms with van der Waals surface area (Å²) in [5, 5.41) is 12.8. The van der Waals surface area contributed by atoms with Gasteiger partial charge in [-0.25, -0.2) is 4.79 Å². The van der Waals surface area contributed by atoms with Gasteiger partial charge in [0.2, 0.25) is 5.91 Å². The lowest BCUT2D eigenvalue weighted by Crippen LogP contribution is -2.62. The topological polar surface area (TPSA) is 114 Å².